The van der Waals surface area contributed by atoms with Crippen molar-refractivity contribution < 1.29 is 9.72 Å². The molecule has 2 rings (SSSR count). The third kappa shape index (κ3) is 3.31. The van der Waals surface area contributed by atoms with Crippen molar-refractivity contribution in [1.29, 1.82) is 0 Å². The van der Waals surface area contributed by atoms with Crippen molar-refractivity contribution in [3.05, 3.63) is 43.5 Å². The molecule has 0 aromatic carbocycles. The fourth-order valence-corrected chi connectivity index (χ4v) is 2.62. The summed E-state index contributed by atoms with van der Waals surface area (Å²) in [6.45, 7) is 4.21. The Kier molecular flexibility index (Phi) is 4.13. The van der Waals surface area contributed by atoms with Gasteiger partial charge in [-0.05, 0) is 13.8 Å². The minimum atomic E-state index is -0.778. The lowest BCUT2D eigenvalue weighted by molar-refractivity contribution is -0.385. The summed E-state index contributed by atoms with van der Waals surface area (Å²) in [7, 11) is 0. The van der Waals surface area contributed by atoms with Crippen LogP contribution < -0.4 is 11.1 Å². The van der Waals surface area contributed by atoms with Gasteiger partial charge in [-0.1, -0.05) is 0 Å². The van der Waals surface area contributed by atoms with Crippen molar-refractivity contribution in [1.82, 2.24) is 9.97 Å². The molecule has 0 saturated heterocycles. The Bertz CT molecular complexity index is 713. The van der Waals surface area contributed by atoms with Crippen LogP contribution in [0.4, 0.5) is 11.5 Å². The van der Waals surface area contributed by atoms with Gasteiger partial charge in [0.15, 0.2) is 0 Å². The zero-order chi connectivity index (χ0) is 15.6. The molecule has 8 nitrogen and oxygen atoms in total. The van der Waals surface area contributed by atoms with Crippen LogP contribution >= 0.6 is 11.3 Å². The number of aryl methyl sites for hydroxylation is 2. The van der Waals surface area contributed by atoms with Gasteiger partial charge in [-0.15, -0.1) is 11.3 Å². The van der Waals surface area contributed by atoms with Crippen LogP contribution in [0.25, 0.3) is 0 Å². The Morgan fingerprint density at radius 3 is 2.76 bits per heavy atom. The summed E-state index contributed by atoms with van der Waals surface area (Å²) in [5.41, 5.74) is 5.77. The molecule has 0 spiro atoms. The number of hydrogen-bond acceptors (Lipinski definition) is 7. The van der Waals surface area contributed by atoms with E-state index in [1.54, 1.807) is 11.3 Å². The molecule has 110 valence electrons. The summed E-state index contributed by atoms with van der Waals surface area (Å²) in [6, 6.07) is 1.11. The van der Waals surface area contributed by atoms with Gasteiger partial charge in [-0.25, -0.2) is 9.97 Å². The highest BCUT2D eigenvalue weighted by atomic mass is 32.1. The van der Waals surface area contributed by atoms with E-state index in [-0.39, 0.29) is 17.1 Å². The van der Waals surface area contributed by atoms with E-state index in [9.17, 15) is 14.9 Å². The van der Waals surface area contributed by atoms with Crippen LogP contribution in [0.15, 0.2) is 12.3 Å². The fourth-order valence-electron chi connectivity index (χ4n) is 1.79. The van der Waals surface area contributed by atoms with E-state index in [1.807, 2.05) is 13.8 Å². The average molecular weight is 307 g/mol. The summed E-state index contributed by atoms with van der Waals surface area (Å²) in [6.07, 6.45) is 1.08. The van der Waals surface area contributed by atoms with E-state index < -0.39 is 10.8 Å². The quantitative estimate of drug-likeness (QED) is 0.640. The molecule has 0 saturated carbocycles. The van der Waals surface area contributed by atoms with Gasteiger partial charge in [0.05, 0.1) is 27.7 Å². The number of anilines is 1. The van der Waals surface area contributed by atoms with Gasteiger partial charge >= 0.3 is 0 Å². The second-order valence-electron chi connectivity index (χ2n) is 4.30. The van der Waals surface area contributed by atoms with Crippen LogP contribution in [0.5, 0.6) is 0 Å². The molecule has 9 heteroatoms. The first-order valence-electron chi connectivity index (χ1n) is 5.99. The summed E-state index contributed by atoms with van der Waals surface area (Å²) >= 11 is 1.57. The molecule has 0 aliphatic carbocycles. The Morgan fingerprint density at radius 2 is 2.24 bits per heavy atom. The number of carbonyl (C=O) groups is 1. The molecular formula is C12H13N5O3S. The Labute approximate surface area is 124 Å². The number of primary amides is 1. The van der Waals surface area contributed by atoms with E-state index >= 15 is 0 Å². The normalized spacial score (nSPS) is 10.4. The monoisotopic (exact) mass is 307 g/mol. The van der Waals surface area contributed by atoms with Crippen molar-refractivity contribution in [3.63, 3.8) is 0 Å². The number of nitro groups is 1. The maximum Gasteiger partial charge on any atom is 0.288 e. The number of carbonyl (C=O) groups excluding carboxylic acids is 1. The number of nitrogens with two attached hydrogens (primary N) is 1. The van der Waals surface area contributed by atoms with Crippen LogP contribution in [0.2, 0.25) is 0 Å². The number of rotatable bonds is 5. The lowest BCUT2D eigenvalue weighted by atomic mass is 10.2. The van der Waals surface area contributed by atoms with Crippen LogP contribution in [-0.4, -0.2) is 20.8 Å². The molecule has 2 heterocycles. The van der Waals surface area contributed by atoms with Gasteiger partial charge in [0.2, 0.25) is 0 Å². The molecule has 0 aliphatic rings. The topological polar surface area (TPSA) is 124 Å². The lowest BCUT2D eigenvalue weighted by Gasteiger charge is -2.08. The molecule has 2 aromatic heterocycles. The minimum absolute atomic E-state index is 0.0196. The van der Waals surface area contributed by atoms with E-state index in [0.717, 1.165) is 27.8 Å². The smallest absolute Gasteiger partial charge is 0.288 e. The van der Waals surface area contributed by atoms with Gasteiger partial charge in [-0.2, -0.15) is 0 Å². The molecule has 0 aliphatic heterocycles. The second kappa shape index (κ2) is 5.83. The number of thiazole rings is 1. The van der Waals surface area contributed by atoms with Crippen molar-refractivity contribution in [2.24, 2.45) is 5.73 Å². The molecule has 1 amide bonds. The van der Waals surface area contributed by atoms with Crippen molar-refractivity contribution >= 4 is 28.7 Å². The lowest BCUT2D eigenvalue weighted by Crippen LogP contribution is -2.16. The molecule has 3 N–H and O–H groups in total. The molecule has 2 aromatic rings. The summed E-state index contributed by atoms with van der Waals surface area (Å²) in [5, 5.41) is 14.6. The van der Waals surface area contributed by atoms with Gasteiger partial charge in [0.25, 0.3) is 11.6 Å². The molecular weight excluding hydrogens is 294 g/mol. The van der Waals surface area contributed by atoms with Crippen LogP contribution in [-0.2, 0) is 6.54 Å². The highest BCUT2D eigenvalue weighted by molar-refractivity contribution is 7.11. The Balaban J connectivity index is 2.25. The molecule has 0 fully saturated rings. The second-order valence-corrected chi connectivity index (χ2v) is 5.71. The van der Waals surface area contributed by atoms with E-state index in [1.165, 1.54) is 0 Å². The summed E-state index contributed by atoms with van der Waals surface area (Å²) < 4.78 is 0. The van der Waals surface area contributed by atoms with Gasteiger partial charge in [0, 0.05) is 10.9 Å². The number of nitrogens with one attached hydrogen (secondary N) is 1. The first-order chi connectivity index (χ1) is 9.88. The van der Waals surface area contributed by atoms with Gasteiger partial charge < -0.3 is 11.1 Å². The maximum atomic E-state index is 11.4. The SMILES string of the molecule is Cc1nc(CNc2ncc([N+](=O)[O-])cc2C(N)=O)c(C)s1. The molecule has 21 heavy (non-hydrogen) atoms. The van der Waals surface area contributed by atoms with Gasteiger partial charge in [-0.3, -0.25) is 14.9 Å². The summed E-state index contributed by atoms with van der Waals surface area (Å²) in [4.78, 5) is 30.8. The zero-order valence-corrected chi connectivity index (χ0v) is 12.2. The van der Waals surface area contributed by atoms with Crippen molar-refractivity contribution in [2.75, 3.05) is 5.32 Å². The fraction of sp³-hybridized carbons (Fsp3) is 0.250. The first-order valence-corrected chi connectivity index (χ1v) is 6.81. The standard InChI is InChI=1S/C12H13N5O3S/c1-6-10(16-7(2)21-6)5-15-12-9(11(13)18)3-8(4-14-12)17(19)20/h3-4H,5H2,1-2H3,(H2,13,18)(H,14,15). The molecule has 0 atom stereocenters. The van der Waals surface area contributed by atoms with Crippen LogP contribution in [0.1, 0.15) is 25.9 Å². The number of nitrogens with zero attached hydrogens (tertiary/aromatic N) is 3. The number of hydrogen-bond donors (Lipinski definition) is 2. The largest absolute Gasteiger partial charge is 0.365 e. The highest BCUT2D eigenvalue weighted by Crippen LogP contribution is 2.21. The third-order valence-corrected chi connectivity index (χ3v) is 3.70. The van der Waals surface area contributed by atoms with Crippen molar-refractivity contribution in [3.8, 4) is 0 Å². The predicted molar refractivity (Wildman–Crippen MR) is 78.3 cm³/mol. The highest BCUT2D eigenvalue weighted by Gasteiger charge is 2.16. The predicted octanol–water partition coefficient (Wildman–Crippen LogP) is 1.77. The molecule has 0 bridgehead atoms. The molecule has 0 radical (unpaired) electrons. The van der Waals surface area contributed by atoms with E-state index in [2.05, 4.69) is 15.3 Å². The third-order valence-electron chi connectivity index (χ3n) is 2.77. The van der Waals surface area contributed by atoms with Crippen LogP contribution in [0, 0.1) is 24.0 Å². The minimum Gasteiger partial charge on any atom is -0.365 e. The number of amides is 1. The Hall–Kier alpha value is -2.55. The maximum absolute atomic E-state index is 11.4. The Morgan fingerprint density at radius 1 is 1.52 bits per heavy atom. The van der Waals surface area contributed by atoms with Crippen molar-refractivity contribution in [2.45, 2.75) is 20.4 Å². The zero-order valence-electron chi connectivity index (χ0n) is 11.4. The van der Waals surface area contributed by atoms with Gasteiger partial charge in [0.1, 0.15) is 12.0 Å². The number of pyridine rings is 1. The first kappa shape index (κ1) is 14.9. The van der Waals surface area contributed by atoms with E-state index in [4.69, 9.17) is 5.73 Å². The van der Waals surface area contributed by atoms with E-state index in [0.29, 0.717) is 6.54 Å². The molecule has 0 unspecified atom stereocenters. The van der Waals surface area contributed by atoms with Crippen LogP contribution in [0.3, 0.4) is 0 Å². The average Bonchev–Trinajstić information content (AvgIpc) is 2.74. The number of aromatic nitrogens is 2. The summed E-state index contributed by atoms with van der Waals surface area (Å²) in [5.74, 6) is -0.571.